The Morgan fingerprint density at radius 1 is 0.440 bits per heavy atom. The number of aliphatic hydroxyl groups excluding tert-OH is 11. The van der Waals surface area contributed by atoms with E-state index < -0.39 is 124 Å². The van der Waals surface area contributed by atoms with Crippen LogP contribution < -0.4 is 5.32 Å². The molecule has 0 aromatic carbocycles. The van der Waals surface area contributed by atoms with E-state index >= 15 is 0 Å². The molecule has 0 spiro atoms. The maximum atomic E-state index is 13.3. The highest BCUT2D eigenvalue weighted by molar-refractivity contribution is 5.76. The molecule has 0 aliphatic carbocycles. The highest BCUT2D eigenvalue weighted by Gasteiger charge is 2.53. The minimum Gasteiger partial charge on any atom is -0.394 e. The van der Waals surface area contributed by atoms with E-state index in [1.165, 1.54) is 44.9 Å². The molecule has 3 aliphatic heterocycles. The second kappa shape index (κ2) is 46.8. The molecule has 3 heterocycles. The van der Waals surface area contributed by atoms with Crippen LogP contribution in [-0.4, -0.2) is 193 Å². The average molecular weight is 1190 g/mol. The van der Waals surface area contributed by atoms with E-state index in [9.17, 15) is 61.0 Å². The zero-order valence-corrected chi connectivity index (χ0v) is 50.3. The van der Waals surface area contributed by atoms with Crippen molar-refractivity contribution in [1.29, 1.82) is 0 Å². The molecule has 3 saturated heterocycles. The van der Waals surface area contributed by atoms with E-state index in [1.807, 2.05) is 6.08 Å². The van der Waals surface area contributed by atoms with Gasteiger partial charge in [0.1, 0.15) is 73.2 Å². The molecular formula is C65H109NO18. The summed E-state index contributed by atoms with van der Waals surface area (Å²) in [5, 5.41) is 120. The van der Waals surface area contributed by atoms with E-state index in [-0.39, 0.29) is 18.9 Å². The Labute approximate surface area is 501 Å². The van der Waals surface area contributed by atoms with E-state index in [0.717, 1.165) is 96.3 Å². The van der Waals surface area contributed by atoms with Crippen LogP contribution in [0.3, 0.4) is 0 Å². The first-order valence-corrected chi connectivity index (χ1v) is 31.5. The Morgan fingerprint density at radius 2 is 0.833 bits per heavy atom. The summed E-state index contributed by atoms with van der Waals surface area (Å²) in [5.74, 6) is -0.306. The van der Waals surface area contributed by atoms with Crippen LogP contribution >= 0.6 is 0 Å². The van der Waals surface area contributed by atoms with Crippen molar-refractivity contribution in [3.63, 3.8) is 0 Å². The van der Waals surface area contributed by atoms with E-state index in [0.29, 0.717) is 12.8 Å². The Hall–Kier alpha value is -3.29. The number of unbranched alkanes of at least 4 members (excludes halogenated alkanes) is 15. The van der Waals surface area contributed by atoms with Crippen molar-refractivity contribution in [2.45, 2.75) is 279 Å². The smallest absolute Gasteiger partial charge is 0.220 e. The summed E-state index contributed by atoms with van der Waals surface area (Å²) in [6, 6.07) is -1.00. The molecule has 3 fully saturated rings. The van der Waals surface area contributed by atoms with Gasteiger partial charge in [-0.25, -0.2) is 0 Å². The van der Waals surface area contributed by atoms with Gasteiger partial charge in [0.25, 0.3) is 0 Å². The number of hydrogen-bond donors (Lipinski definition) is 12. The van der Waals surface area contributed by atoms with Crippen molar-refractivity contribution in [2.24, 2.45) is 0 Å². The first-order valence-electron chi connectivity index (χ1n) is 31.5. The molecule has 19 heteroatoms. The first-order chi connectivity index (χ1) is 40.8. The molecule has 17 atom stereocenters. The number of carbonyl (C=O) groups excluding carboxylic acids is 1. The summed E-state index contributed by atoms with van der Waals surface area (Å²) >= 11 is 0. The lowest BCUT2D eigenvalue weighted by atomic mass is 9.96. The molecule has 0 radical (unpaired) electrons. The maximum absolute atomic E-state index is 13.3. The van der Waals surface area contributed by atoms with Crippen molar-refractivity contribution in [3.05, 3.63) is 97.2 Å². The second-order valence-electron chi connectivity index (χ2n) is 22.1. The van der Waals surface area contributed by atoms with Crippen LogP contribution in [0.5, 0.6) is 0 Å². The summed E-state index contributed by atoms with van der Waals surface area (Å²) in [4.78, 5) is 13.3. The third-order valence-corrected chi connectivity index (χ3v) is 15.1. The van der Waals surface area contributed by atoms with Gasteiger partial charge in [-0.2, -0.15) is 0 Å². The standard InChI is InChI=1S/C65H109NO18/c1-3-5-7-9-11-13-15-17-19-20-21-22-23-24-25-26-27-28-29-31-33-35-37-39-41-43-53(71)66-48(49(70)42-40-38-36-34-32-30-18-16-14-12-10-8-6-4-2)47-79-63-59(77)56(74)61(51(45-68)81-63)84-65-60(78)57(75)62(52(46-69)82-65)83-64-58(76)55(73)54(72)50(44-67)80-64/h5,7,11,13,17,19,21-22,24-25,27-28,32,34,40,42,48-52,54-65,67-70,72-78H,3-4,6,8-10,12,14-16,18,20,23,26,29-31,33,35-39,41,43-47H2,1-2H3,(H,66,71)/b7-5-,13-11-,19-17-,22-21-,25-24-,28-27-,34-32+,42-40+. The molecular weight excluding hydrogens is 1080 g/mol. The van der Waals surface area contributed by atoms with Crippen molar-refractivity contribution in [2.75, 3.05) is 26.4 Å². The summed E-state index contributed by atoms with van der Waals surface area (Å²) in [6.07, 6.45) is 32.4. The molecule has 0 saturated carbocycles. The number of amides is 1. The van der Waals surface area contributed by atoms with Gasteiger partial charge in [0.2, 0.25) is 5.91 Å². The molecule has 12 N–H and O–H groups in total. The third kappa shape index (κ3) is 29.6. The molecule has 84 heavy (non-hydrogen) atoms. The molecule has 0 aromatic rings. The normalized spacial score (nSPS) is 29.8. The number of nitrogens with one attached hydrogen (secondary N) is 1. The van der Waals surface area contributed by atoms with Gasteiger partial charge in [-0.1, -0.05) is 182 Å². The maximum Gasteiger partial charge on any atom is 0.220 e. The number of allylic oxidation sites excluding steroid dienone is 15. The molecule has 19 nitrogen and oxygen atoms in total. The fourth-order valence-corrected chi connectivity index (χ4v) is 9.97. The van der Waals surface area contributed by atoms with Gasteiger partial charge in [0, 0.05) is 6.42 Å². The molecule has 1 amide bonds. The molecule has 0 bridgehead atoms. The Balaban J connectivity index is 1.48. The van der Waals surface area contributed by atoms with Crippen molar-refractivity contribution in [1.82, 2.24) is 5.32 Å². The van der Waals surface area contributed by atoms with Gasteiger partial charge >= 0.3 is 0 Å². The highest BCUT2D eigenvalue weighted by Crippen LogP contribution is 2.33. The van der Waals surface area contributed by atoms with E-state index in [2.05, 4.69) is 104 Å². The number of hydrogen-bond acceptors (Lipinski definition) is 18. The predicted molar refractivity (Wildman–Crippen MR) is 323 cm³/mol. The van der Waals surface area contributed by atoms with Crippen LogP contribution in [0.2, 0.25) is 0 Å². The summed E-state index contributed by atoms with van der Waals surface area (Å²) in [6.45, 7) is 1.54. The van der Waals surface area contributed by atoms with Crippen LogP contribution in [0.15, 0.2) is 97.2 Å². The molecule has 3 rings (SSSR count). The van der Waals surface area contributed by atoms with Crippen LogP contribution in [0, 0.1) is 0 Å². The quantitative estimate of drug-likeness (QED) is 0.0228. The number of carbonyl (C=O) groups is 1. The van der Waals surface area contributed by atoms with Crippen LogP contribution in [0.1, 0.15) is 174 Å². The molecule has 0 aromatic heterocycles. The lowest BCUT2D eigenvalue weighted by Crippen LogP contribution is -2.66. The zero-order valence-electron chi connectivity index (χ0n) is 50.3. The topological polar surface area (TPSA) is 307 Å². The number of aliphatic hydroxyl groups is 11. The number of rotatable bonds is 45. The second-order valence-corrected chi connectivity index (χ2v) is 22.1. The Kier molecular flexibility index (Phi) is 41.8. The largest absolute Gasteiger partial charge is 0.394 e. The van der Waals surface area contributed by atoms with Gasteiger partial charge in [-0.15, -0.1) is 0 Å². The van der Waals surface area contributed by atoms with Gasteiger partial charge in [-0.3, -0.25) is 4.79 Å². The van der Waals surface area contributed by atoms with E-state index in [4.69, 9.17) is 28.4 Å². The fourth-order valence-electron chi connectivity index (χ4n) is 9.97. The van der Waals surface area contributed by atoms with Gasteiger partial charge in [0.15, 0.2) is 18.9 Å². The highest BCUT2D eigenvalue weighted by atomic mass is 16.8. The van der Waals surface area contributed by atoms with Crippen molar-refractivity contribution >= 4 is 5.91 Å². The van der Waals surface area contributed by atoms with Crippen LogP contribution in [0.25, 0.3) is 0 Å². The van der Waals surface area contributed by atoms with Crippen molar-refractivity contribution < 1.29 is 89.4 Å². The lowest BCUT2D eigenvalue weighted by Gasteiger charge is -2.48. The molecule has 482 valence electrons. The SMILES string of the molecule is CC/C=C\C/C=C\C/C=C\C/C=C\C/C=C\C/C=C\CCCCCCCCC(=O)NC(COC1OC(CO)C(OC2OC(CO)C(OC3OC(CO)C(O)C(O)C3O)C(O)C2O)C(O)C1O)C(O)/C=C/CC/C=C/CCCCCCCCCC. The lowest BCUT2D eigenvalue weighted by molar-refractivity contribution is -0.379. The monoisotopic (exact) mass is 1190 g/mol. The predicted octanol–water partition coefficient (Wildman–Crippen LogP) is 6.54. The average Bonchev–Trinajstić information content (AvgIpc) is 3.68. The minimum absolute atomic E-state index is 0.212. The Morgan fingerprint density at radius 3 is 1.33 bits per heavy atom. The van der Waals surface area contributed by atoms with Crippen LogP contribution in [0.4, 0.5) is 0 Å². The molecule has 17 unspecified atom stereocenters. The Bertz CT molecular complexity index is 1910. The third-order valence-electron chi connectivity index (χ3n) is 15.1. The summed E-state index contributed by atoms with van der Waals surface area (Å²) in [5.41, 5.74) is 0. The van der Waals surface area contributed by atoms with Crippen LogP contribution in [-0.2, 0) is 33.2 Å². The fraction of sp³-hybridized carbons (Fsp3) is 0.738. The number of ether oxygens (including phenoxy) is 6. The van der Waals surface area contributed by atoms with Crippen molar-refractivity contribution in [3.8, 4) is 0 Å². The first kappa shape index (κ1) is 75.0. The zero-order chi connectivity index (χ0) is 61.2. The minimum atomic E-state index is -1.99. The van der Waals surface area contributed by atoms with E-state index in [1.54, 1.807) is 6.08 Å². The van der Waals surface area contributed by atoms with Gasteiger partial charge in [0.05, 0.1) is 38.6 Å². The van der Waals surface area contributed by atoms with Gasteiger partial charge in [-0.05, 0) is 83.5 Å². The van der Waals surface area contributed by atoms with Gasteiger partial charge < -0.3 is 89.9 Å². The molecule has 3 aliphatic rings. The summed E-state index contributed by atoms with van der Waals surface area (Å²) < 4.78 is 34.2. The summed E-state index contributed by atoms with van der Waals surface area (Å²) in [7, 11) is 0.